The maximum atomic E-state index is 12.7. The zero-order valence-electron chi connectivity index (χ0n) is 18.0. The molecule has 0 unspecified atom stereocenters. The van der Waals surface area contributed by atoms with Gasteiger partial charge in [0.2, 0.25) is 5.78 Å². The predicted molar refractivity (Wildman–Crippen MR) is 122 cm³/mol. The van der Waals surface area contributed by atoms with Crippen molar-refractivity contribution in [2.24, 2.45) is 0 Å². The number of allylic oxidation sites excluding steroid dienone is 1. The molecule has 0 N–H and O–H groups in total. The van der Waals surface area contributed by atoms with Crippen LogP contribution in [0.2, 0.25) is 0 Å². The molecule has 3 aromatic carbocycles. The van der Waals surface area contributed by atoms with E-state index in [1.54, 1.807) is 24.3 Å². The average molecular weight is 428 g/mol. The molecule has 1 aliphatic rings. The summed E-state index contributed by atoms with van der Waals surface area (Å²) in [5.74, 6) is 0.889. The molecule has 162 valence electrons. The van der Waals surface area contributed by atoms with Gasteiger partial charge in [0.05, 0.1) is 5.56 Å². The zero-order chi connectivity index (χ0) is 22.5. The molecule has 0 bridgehead atoms. The van der Waals surface area contributed by atoms with Crippen LogP contribution in [0.1, 0.15) is 46.8 Å². The molecule has 0 spiro atoms. The maximum absolute atomic E-state index is 12.7. The standard InChI is InChI=1S/C27H24O5/c1-18(2)21-10-8-19(9-11-21)14-25-27(29)23-13-12-22(15-24(23)32-25)30-17-26(28)31-16-20-6-4-3-5-7-20/h3-15,18H,16-17H2,1-2H3. The highest BCUT2D eigenvalue weighted by atomic mass is 16.6. The molecule has 5 heteroatoms. The first kappa shape index (κ1) is 21.4. The van der Waals surface area contributed by atoms with Crippen molar-refractivity contribution < 1.29 is 23.8 Å². The second-order valence-electron chi connectivity index (χ2n) is 7.85. The molecule has 4 rings (SSSR count). The second-order valence-corrected chi connectivity index (χ2v) is 7.85. The SMILES string of the molecule is CC(C)c1ccc(C=C2Oc3cc(OCC(=O)OCc4ccccc4)ccc3C2=O)cc1. The lowest BCUT2D eigenvalue weighted by Crippen LogP contribution is -2.14. The van der Waals surface area contributed by atoms with Gasteiger partial charge in [-0.25, -0.2) is 4.79 Å². The first-order valence-electron chi connectivity index (χ1n) is 10.5. The zero-order valence-corrected chi connectivity index (χ0v) is 18.0. The van der Waals surface area contributed by atoms with Crippen molar-refractivity contribution in [2.75, 3.05) is 6.61 Å². The fourth-order valence-electron chi connectivity index (χ4n) is 3.31. The molecule has 5 nitrogen and oxygen atoms in total. The van der Waals surface area contributed by atoms with Gasteiger partial charge in [0, 0.05) is 6.07 Å². The highest BCUT2D eigenvalue weighted by Gasteiger charge is 2.27. The van der Waals surface area contributed by atoms with Gasteiger partial charge in [-0.3, -0.25) is 4.79 Å². The summed E-state index contributed by atoms with van der Waals surface area (Å²) < 4.78 is 16.5. The summed E-state index contributed by atoms with van der Waals surface area (Å²) in [7, 11) is 0. The second kappa shape index (κ2) is 9.52. The number of fused-ring (bicyclic) bond motifs is 1. The van der Waals surface area contributed by atoms with Crippen molar-refractivity contribution in [3.8, 4) is 11.5 Å². The molecule has 1 heterocycles. The topological polar surface area (TPSA) is 61.8 Å². The lowest BCUT2D eigenvalue weighted by atomic mass is 10.0. The molecule has 0 radical (unpaired) electrons. The quantitative estimate of drug-likeness (QED) is 0.365. The third-order valence-electron chi connectivity index (χ3n) is 5.14. The van der Waals surface area contributed by atoms with Crippen molar-refractivity contribution in [1.29, 1.82) is 0 Å². The Hall–Kier alpha value is -3.86. The van der Waals surface area contributed by atoms with E-state index in [0.29, 0.717) is 23.0 Å². The summed E-state index contributed by atoms with van der Waals surface area (Å²) in [5.41, 5.74) is 3.50. The van der Waals surface area contributed by atoms with E-state index in [9.17, 15) is 9.59 Å². The molecule has 1 aliphatic heterocycles. The number of benzene rings is 3. The van der Waals surface area contributed by atoms with Crippen molar-refractivity contribution in [3.05, 3.63) is 101 Å². The molecule has 3 aromatic rings. The monoisotopic (exact) mass is 428 g/mol. The Morgan fingerprint density at radius 1 is 1.00 bits per heavy atom. The third-order valence-corrected chi connectivity index (χ3v) is 5.14. The lowest BCUT2D eigenvalue weighted by molar-refractivity contribution is -0.147. The van der Waals surface area contributed by atoms with E-state index in [4.69, 9.17) is 14.2 Å². The van der Waals surface area contributed by atoms with Crippen LogP contribution in [0.25, 0.3) is 6.08 Å². The molecule has 0 fully saturated rings. The van der Waals surface area contributed by atoms with Crippen molar-refractivity contribution in [3.63, 3.8) is 0 Å². The lowest BCUT2D eigenvalue weighted by Gasteiger charge is -2.08. The van der Waals surface area contributed by atoms with E-state index in [2.05, 4.69) is 13.8 Å². The van der Waals surface area contributed by atoms with Crippen molar-refractivity contribution in [1.82, 2.24) is 0 Å². The molecule has 32 heavy (non-hydrogen) atoms. The van der Waals surface area contributed by atoms with E-state index < -0.39 is 5.97 Å². The minimum atomic E-state index is -0.475. The fraction of sp³-hybridized carbons (Fsp3) is 0.185. The van der Waals surface area contributed by atoms with Crippen LogP contribution in [0, 0.1) is 0 Å². The van der Waals surface area contributed by atoms with Crippen LogP contribution in [-0.4, -0.2) is 18.4 Å². The molecule has 0 amide bonds. The Labute approximate surface area is 187 Å². The molecule has 0 aromatic heterocycles. The van der Waals surface area contributed by atoms with Gasteiger partial charge in [0.25, 0.3) is 0 Å². The fourth-order valence-corrected chi connectivity index (χ4v) is 3.31. The molecule has 0 saturated carbocycles. The summed E-state index contributed by atoms with van der Waals surface area (Å²) in [6.07, 6.45) is 1.73. The first-order valence-corrected chi connectivity index (χ1v) is 10.5. The Kier molecular flexibility index (Phi) is 6.36. The van der Waals surface area contributed by atoms with Gasteiger partial charge in [0.1, 0.15) is 18.1 Å². The number of rotatable bonds is 7. The summed E-state index contributed by atoms with van der Waals surface area (Å²) >= 11 is 0. The minimum absolute atomic E-state index is 0.179. The van der Waals surface area contributed by atoms with Crippen LogP contribution >= 0.6 is 0 Å². The number of Topliss-reactive ketones (excluding diaryl/α,β-unsaturated/α-hetero) is 1. The third kappa shape index (κ3) is 5.06. The van der Waals surface area contributed by atoms with Crippen LogP contribution in [-0.2, 0) is 16.1 Å². The number of hydrogen-bond donors (Lipinski definition) is 0. The van der Waals surface area contributed by atoms with E-state index in [0.717, 1.165) is 11.1 Å². The van der Waals surface area contributed by atoms with Gasteiger partial charge >= 0.3 is 5.97 Å². The molecular formula is C27H24O5. The van der Waals surface area contributed by atoms with Crippen LogP contribution < -0.4 is 9.47 Å². The van der Waals surface area contributed by atoms with Crippen LogP contribution in [0.4, 0.5) is 0 Å². The van der Waals surface area contributed by atoms with Crippen LogP contribution in [0.3, 0.4) is 0 Å². The number of carbonyl (C=O) groups is 2. The van der Waals surface area contributed by atoms with Gasteiger partial charge in [-0.2, -0.15) is 0 Å². The summed E-state index contributed by atoms with van der Waals surface area (Å²) in [6.45, 7) is 4.23. The van der Waals surface area contributed by atoms with Crippen LogP contribution in [0.15, 0.2) is 78.6 Å². The summed E-state index contributed by atoms with van der Waals surface area (Å²) in [4.78, 5) is 24.6. The van der Waals surface area contributed by atoms with E-state index in [-0.39, 0.29) is 24.8 Å². The van der Waals surface area contributed by atoms with E-state index >= 15 is 0 Å². The number of ether oxygens (including phenoxy) is 3. The molecule has 0 atom stereocenters. The summed E-state index contributed by atoms with van der Waals surface area (Å²) in [5, 5.41) is 0. The Morgan fingerprint density at radius 3 is 2.47 bits per heavy atom. The Morgan fingerprint density at radius 2 is 1.75 bits per heavy atom. The Balaban J connectivity index is 1.36. The van der Waals surface area contributed by atoms with Crippen LogP contribution in [0.5, 0.6) is 11.5 Å². The molecular weight excluding hydrogens is 404 g/mol. The number of ketones is 1. The number of hydrogen-bond acceptors (Lipinski definition) is 5. The van der Waals surface area contributed by atoms with Crippen molar-refractivity contribution >= 4 is 17.8 Å². The van der Waals surface area contributed by atoms with Gasteiger partial charge in [-0.05, 0) is 40.8 Å². The van der Waals surface area contributed by atoms with Gasteiger partial charge in [-0.1, -0.05) is 68.4 Å². The maximum Gasteiger partial charge on any atom is 0.344 e. The number of carbonyl (C=O) groups excluding carboxylic acids is 2. The van der Waals surface area contributed by atoms with E-state index in [1.807, 2.05) is 54.6 Å². The highest BCUT2D eigenvalue weighted by molar-refractivity contribution is 6.14. The summed E-state index contributed by atoms with van der Waals surface area (Å²) in [6, 6.07) is 22.4. The highest BCUT2D eigenvalue weighted by Crippen LogP contribution is 2.35. The number of esters is 1. The average Bonchev–Trinajstić information content (AvgIpc) is 3.11. The van der Waals surface area contributed by atoms with Gasteiger partial charge in [-0.15, -0.1) is 0 Å². The van der Waals surface area contributed by atoms with Gasteiger partial charge in [0.15, 0.2) is 12.4 Å². The van der Waals surface area contributed by atoms with Crippen molar-refractivity contribution in [2.45, 2.75) is 26.4 Å². The van der Waals surface area contributed by atoms with Gasteiger partial charge < -0.3 is 14.2 Å². The Bertz CT molecular complexity index is 1140. The van der Waals surface area contributed by atoms with E-state index in [1.165, 1.54) is 5.56 Å². The first-order chi connectivity index (χ1) is 15.5. The predicted octanol–water partition coefficient (Wildman–Crippen LogP) is 5.55. The molecule has 0 saturated heterocycles. The smallest absolute Gasteiger partial charge is 0.344 e. The largest absolute Gasteiger partial charge is 0.482 e. The normalized spacial score (nSPS) is 13.7. The minimum Gasteiger partial charge on any atom is -0.482 e. The molecule has 0 aliphatic carbocycles.